The molecular formula is C17H22Cl2N4O2. The zero-order valence-corrected chi connectivity index (χ0v) is 15.8. The molecule has 0 spiro atoms. The third-order valence-corrected chi connectivity index (χ3v) is 4.54. The quantitative estimate of drug-likeness (QED) is 0.877. The maximum absolute atomic E-state index is 12.9. The minimum Gasteiger partial charge on any atom is -0.496 e. The van der Waals surface area contributed by atoms with Crippen molar-refractivity contribution in [1.29, 1.82) is 0 Å². The summed E-state index contributed by atoms with van der Waals surface area (Å²) in [5.74, 6) is 1.61. The second-order valence-corrected chi connectivity index (χ2v) is 6.27. The van der Waals surface area contributed by atoms with Crippen molar-refractivity contribution >= 4 is 29.9 Å². The standard InChI is InChI=1S/C17H21ClN4O2.ClH/c1-21-7-6-20-17(21)14-11-19-5-8-22(14)16(23)10-12-9-13(18)3-4-15(12)24-2;/h3-4,6-7,9,14,19H,5,8,10-11H2,1-2H3;1H. The highest BCUT2D eigenvalue weighted by Crippen LogP contribution is 2.26. The number of hydrogen-bond acceptors (Lipinski definition) is 4. The van der Waals surface area contributed by atoms with E-state index in [1.165, 1.54) is 0 Å². The predicted octanol–water partition coefficient (Wildman–Crippen LogP) is 2.22. The number of benzene rings is 1. The molecule has 2 aromatic rings. The second-order valence-electron chi connectivity index (χ2n) is 5.84. The van der Waals surface area contributed by atoms with Crippen molar-refractivity contribution in [2.45, 2.75) is 12.5 Å². The monoisotopic (exact) mass is 384 g/mol. The highest BCUT2D eigenvalue weighted by atomic mass is 35.5. The third-order valence-electron chi connectivity index (χ3n) is 4.30. The number of nitrogens with zero attached hydrogens (tertiary/aromatic N) is 3. The number of amides is 1. The van der Waals surface area contributed by atoms with E-state index in [0.717, 1.165) is 17.9 Å². The van der Waals surface area contributed by atoms with Crippen LogP contribution in [0.3, 0.4) is 0 Å². The topological polar surface area (TPSA) is 59.4 Å². The largest absolute Gasteiger partial charge is 0.496 e. The van der Waals surface area contributed by atoms with Gasteiger partial charge in [-0.15, -0.1) is 12.4 Å². The van der Waals surface area contributed by atoms with E-state index in [4.69, 9.17) is 16.3 Å². The third kappa shape index (κ3) is 4.26. The first-order chi connectivity index (χ1) is 11.6. The van der Waals surface area contributed by atoms with Gasteiger partial charge in [-0.05, 0) is 18.2 Å². The molecule has 1 fully saturated rings. The molecule has 1 N–H and O–H groups in total. The Morgan fingerprint density at radius 3 is 2.96 bits per heavy atom. The lowest BCUT2D eigenvalue weighted by Crippen LogP contribution is -2.49. The summed E-state index contributed by atoms with van der Waals surface area (Å²) in [6, 6.07) is 5.27. The van der Waals surface area contributed by atoms with E-state index in [9.17, 15) is 4.79 Å². The molecule has 6 nitrogen and oxygen atoms in total. The molecule has 1 amide bonds. The Balaban J connectivity index is 0.00000225. The van der Waals surface area contributed by atoms with Crippen LogP contribution in [0, 0.1) is 0 Å². The average Bonchev–Trinajstić information content (AvgIpc) is 3.01. The van der Waals surface area contributed by atoms with Gasteiger partial charge in [-0.2, -0.15) is 0 Å². The van der Waals surface area contributed by atoms with Gasteiger partial charge in [-0.3, -0.25) is 4.79 Å². The lowest BCUT2D eigenvalue weighted by Gasteiger charge is -2.36. The van der Waals surface area contributed by atoms with Crippen LogP contribution in [0.2, 0.25) is 5.02 Å². The van der Waals surface area contributed by atoms with E-state index in [0.29, 0.717) is 23.9 Å². The van der Waals surface area contributed by atoms with Crippen LogP contribution < -0.4 is 10.1 Å². The van der Waals surface area contributed by atoms with Crippen molar-refractivity contribution in [3.05, 3.63) is 47.0 Å². The van der Waals surface area contributed by atoms with Gasteiger partial charge in [0.1, 0.15) is 17.6 Å². The van der Waals surface area contributed by atoms with Crippen LogP contribution in [-0.2, 0) is 18.3 Å². The molecule has 1 unspecified atom stereocenters. The van der Waals surface area contributed by atoms with E-state index in [2.05, 4.69) is 10.3 Å². The maximum atomic E-state index is 12.9. The minimum absolute atomic E-state index is 0. The van der Waals surface area contributed by atoms with Crippen molar-refractivity contribution in [3.8, 4) is 5.75 Å². The number of imidazole rings is 1. The van der Waals surface area contributed by atoms with Crippen molar-refractivity contribution < 1.29 is 9.53 Å². The van der Waals surface area contributed by atoms with Gasteiger partial charge >= 0.3 is 0 Å². The summed E-state index contributed by atoms with van der Waals surface area (Å²) in [5, 5.41) is 3.93. The highest BCUT2D eigenvalue weighted by molar-refractivity contribution is 6.30. The average molecular weight is 385 g/mol. The maximum Gasteiger partial charge on any atom is 0.227 e. The van der Waals surface area contributed by atoms with Gasteiger partial charge in [0.15, 0.2) is 0 Å². The molecule has 0 bridgehead atoms. The normalized spacial score (nSPS) is 17.1. The van der Waals surface area contributed by atoms with E-state index >= 15 is 0 Å². The van der Waals surface area contributed by atoms with E-state index in [1.807, 2.05) is 22.7 Å². The molecule has 1 aromatic carbocycles. The van der Waals surface area contributed by atoms with E-state index in [1.54, 1.807) is 31.5 Å². The number of ether oxygens (including phenoxy) is 1. The zero-order valence-electron chi connectivity index (χ0n) is 14.2. The smallest absolute Gasteiger partial charge is 0.227 e. The fourth-order valence-corrected chi connectivity index (χ4v) is 3.28. The second kappa shape index (κ2) is 8.56. The minimum atomic E-state index is -0.0728. The van der Waals surface area contributed by atoms with Crippen molar-refractivity contribution in [2.75, 3.05) is 26.7 Å². The van der Waals surface area contributed by atoms with Gasteiger partial charge in [0, 0.05) is 49.7 Å². The van der Waals surface area contributed by atoms with E-state index in [-0.39, 0.29) is 30.8 Å². The number of nitrogens with one attached hydrogen (secondary N) is 1. The summed E-state index contributed by atoms with van der Waals surface area (Å²) in [4.78, 5) is 19.2. The summed E-state index contributed by atoms with van der Waals surface area (Å²) < 4.78 is 7.30. The number of aryl methyl sites for hydroxylation is 1. The zero-order chi connectivity index (χ0) is 17.1. The Labute approximate surface area is 158 Å². The van der Waals surface area contributed by atoms with Crippen LogP contribution in [0.15, 0.2) is 30.6 Å². The number of hydrogen-bond donors (Lipinski definition) is 1. The fraction of sp³-hybridized carbons (Fsp3) is 0.412. The fourth-order valence-electron chi connectivity index (χ4n) is 3.08. The Bertz CT molecular complexity index is 735. The van der Waals surface area contributed by atoms with Gasteiger partial charge in [0.2, 0.25) is 5.91 Å². The molecule has 1 atom stereocenters. The lowest BCUT2D eigenvalue weighted by molar-refractivity contribution is -0.134. The molecule has 0 saturated carbocycles. The Kier molecular flexibility index (Phi) is 6.70. The van der Waals surface area contributed by atoms with Gasteiger partial charge in [-0.25, -0.2) is 4.98 Å². The van der Waals surface area contributed by atoms with Crippen molar-refractivity contribution in [3.63, 3.8) is 0 Å². The van der Waals surface area contributed by atoms with E-state index < -0.39 is 0 Å². The molecule has 25 heavy (non-hydrogen) atoms. The molecule has 2 heterocycles. The molecule has 3 rings (SSSR count). The van der Waals surface area contributed by atoms with Gasteiger partial charge in [0.05, 0.1) is 13.5 Å². The highest BCUT2D eigenvalue weighted by Gasteiger charge is 2.30. The van der Waals surface area contributed by atoms with Crippen LogP contribution >= 0.6 is 24.0 Å². The van der Waals surface area contributed by atoms with Crippen molar-refractivity contribution in [2.24, 2.45) is 7.05 Å². The van der Waals surface area contributed by atoms with Crippen molar-refractivity contribution in [1.82, 2.24) is 19.8 Å². The Morgan fingerprint density at radius 1 is 1.48 bits per heavy atom. The number of methoxy groups -OCH3 is 1. The number of carbonyl (C=O) groups is 1. The predicted molar refractivity (Wildman–Crippen MR) is 99.5 cm³/mol. The molecule has 1 saturated heterocycles. The first kappa shape index (κ1) is 19.6. The van der Waals surface area contributed by atoms with Crippen LogP contribution in [0.1, 0.15) is 17.4 Å². The van der Waals surface area contributed by atoms with Gasteiger partial charge in [-0.1, -0.05) is 11.6 Å². The number of halogens is 2. The molecule has 1 aliphatic rings. The summed E-state index contributed by atoms with van der Waals surface area (Å²) in [7, 11) is 3.54. The molecule has 1 aliphatic heterocycles. The van der Waals surface area contributed by atoms with Gasteiger partial charge < -0.3 is 19.5 Å². The Morgan fingerprint density at radius 2 is 2.28 bits per heavy atom. The first-order valence-corrected chi connectivity index (χ1v) is 8.27. The molecule has 0 radical (unpaired) electrons. The summed E-state index contributed by atoms with van der Waals surface area (Å²) in [6.45, 7) is 2.13. The summed E-state index contributed by atoms with van der Waals surface area (Å²) in [5.41, 5.74) is 0.798. The Hall–Kier alpha value is -1.76. The van der Waals surface area contributed by atoms with Gasteiger partial charge in [0.25, 0.3) is 0 Å². The molecule has 8 heteroatoms. The summed E-state index contributed by atoms with van der Waals surface area (Å²) >= 11 is 6.07. The molecular weight excluding hydrogens is 363 g/mol. The number of carbonyl (C=O) groups excluding carboxylic acids is 1. The molecule has 136 valence electrons. The van der Waals surface area contributed by atoms with Crippen LogP contribution in [-0.4, -0.2) is 47.1 Å². The number of aromatic nitrogens is 2. The molecule has 1 aromatic heterocycles. The number of rotatable bonds is 4. The lowest BCUT2D eigenvalue weighted by atomic mass is 10.1. The van der Waals surface area contributed by atoms with Crippen LogP contribution in [0.25, 0.3) is 0 Å². The van der Waals surface area contributed by atoms with Crippen LogP contribution in [0.4, 0.5) is 0 Å². The summed E-state index contributed by atoms with van der Waals surface area (Å²) in [6.07, 6.45) is 3.91. The first-order valence-electron chi connectivity index (χ1n) is 7.90. The SMILES string of the molecule is COc1ccc(Cl)cc1CC(=O)N1CCNCC1c1nccn1C.Cl. The molecule has 0 aliphatic carbocycles. The number of piperazine rings is 1. The van der Waals surface area contributed by atoms with Crippen LogP contribution in [0.5, 0.6) is 5.75 Å².